The van der Waals surface area contributed by atoms with E-state index in [0.717, 1.165) is 11.3 Å². The molecule has 98 valence electrons. The Kier molecular flexibility index (Phi) is 5.13. The molecule has 0 aromatic heterocycles. The van der Waals surface area contributed by atoms with Crippen molar-refractivity contribution in [2.75, 3.05) is 13.7 Å². The second-order valence-electron chi connectivity index (χ2n) is 3.76. The summed E-state index contributed by atoms with van der Waals surface area (Å²) < 4.78 is 5.22. The van der Waals surface area contributed by atoms with Crippen LogP contribution < -0.4 is 21.1 Å². The topological polar surface area (TPSA) is 93.4 Å². The molecule has 1 aromatic rings. The molecule has 3 amide bonds. The Morgan fingerprint density at radius 1 is 1.39 bits per heavy atom. The van der Waals surface area contributed by atoms with Crippen LogP contribution in [0.25, 0.3) is 0 Å². The Bertz CT molecular complexity index is 434. The molecule has 1 aromatic carbocycles. The minimum atomic E-state index is -0.855. The molecule has 18 heavy (non-hydrogen) atoms. The summed E-state index contributed by atoms with van der Waals surface area (Å²) in [4.78, 5) is 21.7. The summed E-state index contributed by atoms with van der Waals surface area (Å²) in [6.07, 6.45) is 0. The van der Waals surface area contributed by atoms with Crippen LogP contribution in [0, 0.1) is 0 Å². The van der Waals surface area contributed by atoms with Crippen molar-refractivity contribution >= 4 is 11.9 Å². The van der Waals surface area contributed by atoms with E-state index in [4.69, 9.17) is 10.5 Å². The van der Waals surface area contributed by atoms with Gasteiger partial charge in [-0.05, 0) is 13.0 Å². The summed E-state index contributed by atoms with van der Waals surface area (Å²) in [5.74, 6) is 0.275. The normalized spacial score (nSPS) is 11.7. The van der Waals surface area contributed by atoms with E-state index in [1.807, 2.05) is 36.5 Å². The molecule has 0 fully saturated rings. The first-order chi connectivity index (χ1) is 8.54. The van der Waals surface area contributed by atoms with E-state index in [2.05, 4.69) is 5.32 Å². The average Bonchev–Trinajstić information content (AvgIpc) is 2.35. The number of ether oxygens (including phenoxy) is 1. The van der Waals surface area contributed by atoms with Crippen molar-refractivity contribution in [1.29, 1.82) is 0 Å². The quantitative estimate of drug-likeness (QED) is 0.712. The maximum Gasteiger partial charge on any atom is 0.318 e. The molecule has 6 nitrogen and oxygen atoms in total. The van der Waals surface area contributed by atoms with Gasteiger partial charge < -0.3 is 15.8 Å². The van der Waals surface area contributed by atoms with Gasteiger partial charge in [0.25, 0.3) is 0 Å². The summed E-state index contributed by atoms with van der Waals surface area (Å²) in [6.45, 7) is 1.90. The van der Waals surface area contributed by atoms with E-state index >= 15 is 0 Å². The van der Waals surface area contributed by atoms with Crippen molar-refractivity contribution in [1.82, 2.24) is 10.6 Å². The number of urea groups is 1. The highest BCUT2D eigenvalue weighted by molar-refractivity contribution is 5.94. The van der Waals surface area contributed by atoms with Crippen LogP contribution in [0.1, 0.15) is 18.5 Å². The standard InChI is InChI=1S/C12H17N3O3/c1-8(14-7-11(16)15-12(13)17)9-5-3-4-6-10(9)18-2/h3-6,8,14H,7H2,1-2H3,(H3,13,15,16,17)/t8-/m1/s1. The maximum atomic E-state index is 11.2. The zero-order valence-corrected chi connectivity index (χ0v) is 10.4. The van der Waals surface area contributed by atoms with Crippen LogP contribution in [0.4, 0.5) is 4.79 Å². The molecular weight excluding hydrogens is 234 g/mol. The lowest BCUT2D eigenvalue weighted by atomic mass is 10.1. The molecule has 0 spiro atoms. The number of primary amides is 1. The van der Waals surface area contributed by atoms with Crippen LogP contribution in [0.15, 0.2) is 24.3 Å². The number of rotatable bonds is 5. The third kappa shape index (κ3) is 4.06. The molecule has 0 saturated carbocycles. The molecule has 6 heteroatoms. The van der Waals surface area contributed by atoms with Crippen LogP contribution >= 0.6 is 0 Å². The van der Waals surface area contributed by atoms with E-state index in [-0.39, 0.29) is 12.6 Å². The minimum absolute atomic E-state index is 0.00214. The first-order valence-electron chi connectivity index (χ1n) is 5.50. The number of hydrogen-bond donors (Lipinski definition) is 3. The Morgan fingerprint density at radius 3 is 2.67 bits per heavy atom. The summed E-state index contributed by atoms with van der Waals surface area (Å²) in [6, 6.07) is 6.57. The molecule has 0 aliphatic heterocycles. The van der Waals surface area contributed by atoms with E-state index in [0.29, 0.717) is 0 Å². The fourth-order valence-corrected chi connectivity index (χ4v) is 1.56. The lowest BCUT2D eigenvalue weighted by molar-refractivity contribution is -0.119. The van der Waals surface area contributed by atoms with Crippen molar-refractivity contribution in [2.24, 2.45) is 5.73 Å². The lowest BCUT2D eigenvalue weighted by Crippen LogP contribution is -2.41. The Balaban J connectivity index is 2.57. The van der Waals surface area contributed by atoms with Crippen molar-refractivity contribution in [3.8, 4) is 5.75 Å². The summed E-state index contributed by atoms with van der Waals surface area (Å²) >= 11 is 0. The lowest BCUT2D eigenvalue weighted by Gasteiger charge is -2.16. The number of imide groups is 1. The van der Waals surface area contributed by atoms with Gasteiger partial charge in [0.15, 0.2) is 0 Å². The molecule has 0 saturated heterocycles. The molecule has 0 aliphatic carbocycles. The van der Waals surface area contributed by atoms with Gasteiger partial charge in [0.2, 0.25) is 5.91 Å². The zero-order valence-electron chi connectivity index (χ0n) is 10.4. The molecule has 1 atom stereocenters. The smallest absolute Gasteiger partial charge is 0.318 e. The molecule has 0 aliphatic rings. The number of amides is 3. The molecule has 0 bridgehead atoms. The number of benzene rings is 1. The maximum absolute atomic E-state index is 11.2. The van der Waals surface area contributed by atoms with E-state index in [1.54, 1.807) is 7.11 Å². The second-order valence-corrected chi connectivity index (χ2v) is 3.76. The van der Waals surface area contributed by atoms with Crippen molar-refractivity contribution < 1.29 is 14.3 Å². The molecule has 4 N–H and O–H groups in total. The van der Waals surface area contributed by atoms with Gasteiger partial charge in [0, 0.05) is 11.6 Å². The van der Waals surface area contributed by atoms with E-state index in [1.165, 1.54) is 0 Å². The Hall–Kier alpha value is -2.08. The van der Waals surface area contributed by atoms with E-state index < -0.39 is 11.9 Å². The number of carbonyl (C=O) groups excluding carboxylic acids is 2. The third-order valence-corrected chi connectivity index (χ3v) is 2.44. The predicted molar refractivity (Wildman–Crippen MR) is 67.1 cm³/mol. The summed E-state index contributed by atoms with van der Waals surface area (Å²) in [5, 5.41) is 4.96. The monoisotopic (exact) mass is 251 g/mol. The SMILES string of the molecule is COc1ccccc1[C@@H](C)NCC(=O)NC(N)=O. The Labute approximate surface area is 105 Å². The summed E-state index contributed by atoms with van der Waals surface area (Å²) in [7, 11) is 1.59. The van der Waals surface area contributed by atoms with Gasteiger partial charge in [-0.2, -0.15) is 0 Å². The van der Waals surface area contributed by atoms with Crippen LogP contribution in [0.3, 0.4) is 0 Å². The number of methoxy groups -OCH3 is 1. The first-order valence-corrected chi connectivity index (χ1v) is 5.50. The van der Waals surface area contributed by atoms with Crippen LogP contribution in [0.2, 0.25) is 0 Å². The van der Waals surface area contributed by atoms with Gasteiger partial charge >= 0.3 is 6.03 Å². The van der Waals surface area contributed by atoms with Gasteiger partial charge in [0.05, 0.1) is 13.7 Å². The highest BCUT2D eigenvalue weighted by atomic mass is 16.5. The fraction of sp³-hybridized carbons (Fsp3) is 0.333. The van der Waals surface area contributed by atoms with Gasteiger partial charge in [-0.3, -0.25) is 10.1 Å². The molecule has 0 radical (unpaired) electrons. The first kappa shape index (κ1) is 14.0. The number of carbonyl (C=O) groups is 2. The third-order valence-electron chi connectivity index (χ3n) is 2.44. The van der Waals surface area contributed by atoms with Gasteiger partial charge in [0.1, 0.15) is 5.75 Å². The predicted octanol–water partition coefficient (Wildman–Crippen LogP) is 0.541. The van der Waals surface area contributed by atoms with E-state index in [9.17, 15) is 9.59 Å². The fourth-order valence-electron chi connectivity index (χ4n) is 1.56. The molecule has 0 unspecified atom stereocenters. The number of hydrogen-bond acceptors (Lipinski definition) is 4. The number of para-hydroxylation sites is 1. The van der Waals surface area contributed by atoms with Crippen molar-refractivity contribution in [2.45, 2.75) is 13.0 Å². The molecule has 0 heterocycles. The van der Waals surface area contributed by atoms with Crippen LogP contribution in [-0.4, -0.2) is 25.6 Å². The average molecular weight is 251 g/mol. The number of nitrogens with two attached hydrogens (primary N) is 1. The van der Waals surface area contributed by atoms with Crippen molar-refractivity contribution in [3.05, 3.63) is 29.8 Å². The summed E-state index contributed by atoms with van der Waals surface area (Å²) in [5.41, 5.74) is 5.77. The highest BCUT2D eigenvalue weighted by Gasteiger charge is 2.12. The molecular formula is C12H17N3O3. The van der Waals surface area contributed by atoms with Gasteiger partial charge in [-0.1, -0.05) is 18.2 Å². The van der Waals surface area contributed by atoms with Crippen molar-refractivity contribution in [3.63, 3.8) is 0 Å². The zero-order chi connectivity index (χ0) is 13.5. The largest absolute Gasteiger partial charge is 0.496 e. The van der Waals surface area contributed by atoms with Crippen LogP contribution in [0.5, 0.6) is 5.75 Å². The van der Waals surface area contributed by atoms with Gasteiger partial charge in [-0.25, -0.2) is 4.79 Å². The van der Waals surface area contributed by atoms with Crippen LogP contribution in [-0.2, 0) is 4.79 Å². The van der Waals surface area contributed by atoms with Gasteiger partial charge in [-0.15, -0.1) is 0 Å². The number of nitrogens with one attached hydrogen (secondary N) is 2. The molecule has 1 rings (SSSR count). The second kappa shape index (κ2) is 6.61. The Morgan fingerprint density at radius 2 is 2.06 bits per heavy atom. The minimum Gasteiger partial charge on any atom is -0.496 e. The highest BCUT2D eigenvalue weighted by Crippen LogP contribution is 2.23.